The van der Waals surface area contributed by atoms with E-state index in [4.69, 9.17) is 20.8 Å². The summed E-state index contributed by atoms with van der Waals surface area (Å²) < 4.78 is 5.42. The largest absolute Gasteiger partial charge is 0.464 e. The zero-order chi connectivity index (χ0) is 14.1. The molecule has 5 nitrogen and oxygen atoms in total. The lowest BCUT2D eigenvalue weighted by Gasteiger charge is -2.05. The number of nitrogen functional groups attached to an aromatic ring is 1. The van der Waals surface area contributed by atoms with E-state index in [0.717, 1.165) is 5.39 Å². The van der Waals surface area contributed by atoms with Gasteiger partial charge < -0.3 is 10.2 Å². The summed E-state index contributed by atoms with van der Waals surface area (Å²) in [6, 6.07) is 10.9. The number of nitrogens with zero attached hydrogens (tertiary/aromatic N) is 2. The van der Waals surface area contributed by atoms with Gasteiger partial charge in [0.1, 0.15) is 23.6 Å². The Morgan fingerprint density at radius 2 is 2.10 bits per heavy atom. The number of benzene rings is 1. The maximum Gasteiger partial charge on any atom is 0.142 e. The Morgan fingerprint density at radius 1 is 1.30 bits per heavy atom. The summed E-state index contributed by atoms with van der Waals surface area (Å²) in [7, 11) is 0. The molecule has 0 radical (unpaired) electrons. The van der Waals surface area contributed by atoms with Crippen molar-refractivity contribution >= 4 is 22.4 Å². The first-order chi connectivity index (χ1) is 9.70. The van der Waals surface area contributed by atoms with Crippen LogP contribution in [0.15, 0.2) is 47.2 Å². The number of nitrogens with two attached hydrogens (primary N) is 1. The summed E-state index contributed by atoms with van der Waals surface area (Å²) in [5.41, 5.74) is 8.55. The highest BCUT2D eigenvalue weighted by Crippen LogP contribution is 2.25. The first-order valence-electron chi connectivity index (χ1n) is 5.92. The molecular weight excluding hydrogens is 252 g/mol. The number of para-hydroxylation sites is 1. The minimum absolute atomic E-state index is 0.226. The summed E-state index contributed by atoms with van der Waals surface area (Å²) in [6.45, 7) is 0. The van der Waals surface area contributed by atoms with Crippen LogP contribution >= 0.6 is 0 Å². The van der Waals surface area contributed by atoms with Crippen LogP contribution in [0.3, 0.4) is 0 Å². The van der Waals surface area contributed by atoms with Gasteiger partial charge in [-0.05, 0) is 12.1 Å². The maximum atomic E-state index is 8.78. The van der Waals surface area contributed by atoms with E-state index in [2.05, 4.69) is 4.98 Å². The van der Waals surface area contributed by atoms with Crippen molar-refractivity contribution in [3.8, 4) is 6.07 Å². The van der Waals surface area contributed by atoms with Gasteiger partial charge in [-0.15, -0.1) is 0 Å². The van der Waals surface area contributed by atoms with Crippen LogP contribution in [0.4, 0.5) is 5.69 Å². The number of fused-ring (bicyclic) bond motifs is 1. The normalized spacial score (nSPS) is 10.3. The van der Waals surface area contributed by atoms with Gasteiger partial charge >= 0.3 is 0 Å². The highest BCUT2D eigenvalue weighted by atomic mass is 16.3. The monoisotopic (exact) mass is 262 g/mol. The SMILES string of the molecule is N#Cc1cc(N)c(C(=N)c2coc3ccccc23)cn1. The molecular formula is C15H10N4O. The number of nitriles is 1. The third-order valence-electron chi connectivity index (χ3n) is 3.07. The molecule has 20 heavy (non-hydrogen) atoms. The van der Waals surface area contributed by atoms with E-state index in [0.29, 0.717) is 22.4 Å². The lowest BCUT2D eigenvalue weighted by Crippen LogP contribution is -2.06. The molecule has 0 fully saturated rings. The number of anilines is 1. The molecule has 2 aromatic heterocycles. The number of nitrogens with one attached hydrogen (secondary N) is 1. The van der Waals surface area contributed by atoms with Crippen LogP contribution in [0.2, 0.25) is 0 Å². The van der Waals surface area contributed by atoms with E-state index in [-0.39, 0.29) is 11.4 Å². The van der Waals surface area contributed by atoms with Crippen molar-refractivity contribution in [3.05, 3.63) is 59.6 Å². The Labute approximate surface area is 114 Å². The van der Waals surface area contributed by atoms with Crippen molar-refractivity contribution in [2.24, 2.45) is 0 Å². The molecule has 0 aliphatic heterocycles. The topological polar surface area (TPSA) is 99.7 Å². The standard InChI is InChI=1S/C15H10N4O/c16-6-9-5-13(17)11(7-19-9)15(18)12-8-20-14-4-2-1-3-10(12)14/h1-5,7-8,18H,(H2,17,19). The minimum atomic E-state index is 0.226. The van der Waals surface area contributed by atoms with Crippen molar-refractivity contribution < 1.29 is 4.42 Å². The molecule has 3 rings (SSSR count). The summed E-state index contributed by atoms with van der Waals surface area (Å²) in [6.07, 6.45) is 2.97. The van der Waals surface area contributed by atoms with E-state index in [1.807, 2.05) is 30.3 Å². The van der Waals surface area contributed by atoms with Gasteiger partial charge in [-0.2, -0.15) is 5.26 Å². The van der Waals surface area contributed by atoms with Gasteiger partial charge in [-0.1, -0.05) is 18.2 Å². The summed E-state index contributed by atoms with van der Waals surface area (Å²) in [5.74, 6) is 0. The second-order valence-electron chi connectivity index (χ2n) is 4.29. The Kier molecular flexibility index (Phi) is 2.70. The number of furan rings is 1. The number of rotatable bonds is 2. The molecule has 3 aromatic rings. The van der Waals surface area contributed by atoms with Crippen molar-refractivity contribution in [2.75, 3.05) is 5.73 Å². The molecule has 0 bridgehead atoms. The van der Waals surface area contributed by atoms with E-state index in [9.17, 15) is 0 Å². The molecule has 2 heterocycles. The lowest BCUT2D eigenvalue weighted by molar-refractivity contribution is 0.615. The van der Waals surface area contributed by atoms with Crippen molar-refractivity contribution in [1.29, 1.82) is 10.7 Å². The highest BCUT2D eigenvalue weighted by Gasteiger charge is 2.15. The fraction of sp³-hybridized carbons (Fsp3) is 0. The van der Waals surface area contributed by atoms with E-state index in [1.54, 1.807) is 0 Å². The van der Waals surface area contributed by atoms with Gasteiger partial charge in [0, 0.05) is 28.4 Å². The summed E-state index contributed by atoms with van der Waals surface area (Å²) >= 11 is 0. The molecule has 3 N–H and O–H groups in total. The van der Waals surface area contributed by atoms with Crippen LogP contribution in [0, 0.1) is 16.7 Å². The average molecular weight is 262 g/mol. The van der Waals surface area contributed by atoms with Crippen LogP contribution in [-0.4, -0.2) is 10.7 Å². The van der Waals surface area contributed by atoms with Crippen LogP contribution in [0.25, 0.3) is 11.0 Å². The second-order valence-corrected chi connectivity index (χ2v) is 4.29. The van der Waals surface area contributed by atoms with Crippen LogP contribution in [0.5, 0.6) is 0 Å². The molecule has 0 saturated heterocycles. The average Bonchev–Trinajstić information content (AvgIpc) is 2.90. The third-order valence-corrected chi connectivity index (χ3v) is 3.07. The van der Waals surface area contributed by atoms with E-state index in [1.165, 1.54) is 18.5 Å². The van der Waals surface area contributed by atoms with Gasteiger partial charge in [0.25, 0.3) is 0 Å². The predicted octanol–water partition coefficient (Wildman–Crippen LogP) is 2.70. The Morgan fingerprint density at radius 3 is 2.85 bits per heavy atom. The molecule has 1 aromatic carbocycles. The number of aromatic nitrogens is 1. The van der Waals surface area contributed by atoms with Crippen LogP contribution < -0.4 is 5.73 Å². The molecule has 0 unspecified atom stereocenters. The fourth-order valence-corrected chi connectivity index (χ4v) is 2.06. The zero-order valence-electron chi connectivity index (χ0n) is 10.4. The Hall–Kier alpha value is -3.13. The first kappa shape index (κ1) is 11.9. The van der Waals surface area contributed by atoms with Crippen molar-refractivity contribution in [3.63, 3.8) is 0 Å². The highest BCUT2D eigenvalue weighted by molar-refractivity contribution is 6.19. The Bertz CT molecular complexity index is 858. The molecule has 0 aliphatic rings. The maximum absolute atomic E-state index is 8.78. The molecule has 0 aliphatic carbocycles. The zero-order valence-corrected chi connectivity index (χ0v) is 10.4. The molecule has 5 heteroatoms. The number of hydrogen-bond donors (Lipinski definition) is 2. The van der Waals surface area contributed by atoms with Crippen LogP contribution in [-0.2, 0) is 0 Å². The second kappa shape index (κ2) is 4.52. The number of pyridine rings is 1. The summed E-state index contributed by atoms with van der Waals surface area (Å²) in [4.78, 5) is 3.96. The summed E-state index contributed by atoms with van der Waals surface area (Å²) in [5, 5.41) is 17.9. The Balaban J connectivity index is 2.11. The van der Waals surface area contributed by atoms with Gasteiger partial charge in [0.05, 0.1) is 5.71 Å². The van der Waals surface area contributed by atoms with Crippen molar-refractivity contribution in [2.45, 2.75) is 0 Å². The van der Waals surface area contributed by atoms with Gasteiger partial charge in [-0.25, -0.2) is 4.98 Å². The predicted molar refractivity (Wildman–Crippen MR) is 75.5 cm³/mol. The van der Waals surface area contributed by atoms with Gasteiger partial charge in [0.2, 0.25) is 0 Å². The smallest absolute Gasteiger partial charge is 0.142 e. The minimum Gasteiger partial charge on any atom is -0.464 e. The fourth-order valence-electron chi connectivity index (χ4n) is 2.06. The quantitative estimate of drug-likeness (QED) is 0.693. The molecule has 96 valence electrons. The lowest BCUT2D eigenvalue weighted by atomic mass is 10.0. The van der Waals surface area contributed by atoms with E-state index < -0.39 is 0 Å². The van der Waals surface area contributed by atoms with E-state index >= 15 is 0 Å². The number of hydrogen-bond acceptors (Lipinski definition) is 5. The molecule has 0 saturated carbocycles. The van der Waals surface area contributed by atoms with Gasteiger partial charge in [0.15, 0.2) is 0 Å². The van der Waals surface area contributed by atoms with Crippen molar-refractivity contribution in [1.82, 2.24) is 4.98 Å². The van der Waals surface area contributed by atoms with Crippen LogP contribution in [0.1, 0.15) is 16.8 Å². The third kappa shape index (κ3) is 1.80. The molecule has 0 amide bonds. The molecule has 0 atom stereocenters. The first-order valence-corrected chi connectivity index (χ1v) is 5.92. The molecule has 0 spiro atoms. The van der Waals surface area contributed by atoms with Gasteiger partial charge in [-0.3, -0.25) is 5.41 Å².